The third kappa shape index (κ3) is 3.86. The summed E-state index contributed by atoms with van der Waals surface area (Å²) in [4.78, 5) is 30.6. The molecule has 4 rings (SSSR count). The number of hydrogen-bond donors (Lipinski definition) is 1. The molecule has 7 nitrogen and oxygen atoms in total. The number of benzene rings is 1. The predicted octanol–water partition coefficient (Wildman–Crippen LogP) is 2.51. The fourth-order valence-corrected chi connectivity index (χ4v) is 4.76. The zero-order chi connectivity index (χ0) is 21.1. The van der Waals surface area contributed by atoms with E-state index >= 15 is 0 Å². The van der Waals surface area contributed by atoms with E-state index in [1.807, 2.05) is 17.5 Å². The van der Waals surface area contributed by atoms with E-state index in [0.717, 1.165) is 18.0 Å². The number of ether oxygens (including phenoxy) is 2. The number of aliphatic hydroxyl groups is 1. The normalized spacial score (nSPS) is 21.9. The lowest BCUT2D eigenvalue weighted by atomic mass is 9.99. The molecule has 2 aromatic rings. The summed E-state index contributed by atoms with van der Waals surface area (Å²) in [6.45, 7) is 3.98. The molecular formula is C22H24N2O5S. The number of hydrogen-bond acceptors (Lipinski definition) is 7. The number of methoxy groups -OCH3 is 1. The van der Waals surface area contributed by atoms with Gasteiger partial charge in [0, 0.05) is 31.1 Å². The molecule has 0 radical (unpaired) electrons. The van der Waals surface area contributed by atoms with E-state index in [4.69, 9.17) is 9.47 Å². The Morgan fingerprint density at radius 1 is 1.17 bits per heavy atom. The second kappa shape index (κ2) is 8.99. The van der Waals surface area contributed by atoms with E-state index in [0.29, 0.717) is 37.6 Å². The van der Waals surface area contributed by atoms with Gasteiger partial charge in [0.25, 0.3) is 11.7 Å². The van der Waals surface area contributed by atoms with Crippen molar-refractivity contribution in [3.63, 3.8) is 0 Å². The summed E-state index contributed by atoms with van der Waals surface area (Å²) < 4.78 is 10.7. The minimum atomic E-state index is -0.668. The first-order valence-electron chi connectivity index (χ1n) is 9.87. The number of rotatable bonds is 6. The topological polar surface area (TPSA) is 79.3 Å². The molecule has 2 aliphatic heterocycles. The van der Waals surface area contributed by atoms with Crippen LogP contribution in [0.1, 0.15) is 16.5 Å². The van der Waals surface area contributed by atoms with Crippen molar-refractivity contribution in [3.05, 3.63) is 57.8 Å². The van der Waals surface area contributed by atoms with Gasteiger partial charge < -0.3 is 19.5 Å². The highest BCUT2D eigenvalue weighted by Crippen LogP contribution is 2.42. The molecule has 30 heavy (non-hydrogen) atoms. The maximum atomic E-state index is 13.0. The van der Waals surface area contributed by atoms with Crippen molar-refractivity contribution in [1.82, 2.24) is 9.80 Å². The molecule has 0 aliphatic carbocycles. The third-order valence-electron chi connectivity index (χ3n) is 5.48. The molecule has 0 saturated carbocycles. The second-order valence-electron chi connectivity index (χ2n) is 7.16. The van der Waals surface area contributed by atoms with Gasteiger partial charge in [-0.2, -0.15) is 0 Å². The molecular weight excluding hydrogens is 404 g/mol. The van der Waals surface area contributed by atoms with Gasteiger partial charge in [-0.15, -0.1) is 11.3 Å². The van der Waals surface area contributed by atoms with Crippen molar-refractivity contribution in [1.29, 1.82) is 0 Å². The molecule has 1 unspecified atom stereocenters. The van der Waals surface area contributed by atoms with Crippen LogP contribution in [0.2, 0.25) is 0 Å². The fourth-order valence-electron chi connectivity index (χ4n) is 3.91. The summed E-state index contributed by atoms with van der Waals surface area (Å²) in [6.07, 6.45) is 0. The largest absolute Gasteiger partial charge is 0.507 e. The van der Waals surface area contributed by atoms with Gasteiger partial charge in [-0.05, 0) is 23.6 Å². The van der Waals surface area contributed by atoms with E-state index in [9.17, 15) is 14.7 Å². The van der Waals surface area contributed by atoms with Gasteiger partial charge in [0.2, 0.25) is 0 Å². The number of aliphatic hydroxyl groups excluding tert-OH is 1. The highest BCUT2D eigenvalue weighted by atomic mass is 32.1. The average molecular weight is 429 g/mol. The Labute approximate surface area is 179 Å². The number of likely N-dealkylation sites (tertiary alicyclic amines) is 1. The SMILES string of the molecule is COc1ccccc1/C(O)=C1\C(=O)C(=O)N(CCN2CCOCC2)C1c1cccs1. The van der Waals surface area contributed by atoms with E-state index in [1.165, 1.54) is 18.4 Å². The second-order valence-corrected chi connectivity index (χ2v) is 8.14. The van der Waals surface area contributed by atoms with Crippen molar-refractivity contribution in [2.45, 2.75) is 6.04 Å². The Hall–Kier alpha value is -2.68. The van der Waals surface area contributed by atoms with Crippen molar-refractivity contribution in [2.24, 2.45) is 0 Å². The Kier molecular flexibility index (Phi) is 6.17. The van der Waals surface area contributed by atoms with E-state index in [-0.39, 0.29) is 11.3 Å². The van der Waals surface area contributed by atoms with E-state index in [2.05, 4.69) is 4.90 Å². The van der Waals surface area contributed by atoms with Crippen LogP contribution in [0.3, 0.4) is 0 Å². The highest BCUT2D eigenvalue weighted by molar-refractivity contribution is 7.10. The molecule has 158 valence electrons. The van der Waals surface area contributed by atoms with Crippen LogP contribution in [-0.2, 0) is 14.3 Å². The Morgan fingerprint density at radius 2 is 1.93 bits per heavy atom. The lowest BCUT2D eigenvalue weighted by Crippen LogP contribution is -2.42. The molecule has 2 fully saturated rings. The Bertz CT molecular complexity index is 950. The molecule has 1 atom stereocenters. The van der Waals surface area contributed by atoms with Gasteiger partial charge in [-0.25, -0.2) is 0 Å². The number of thiophene rings is 1. The summed E-state index contributed by atoms with van der Waals surface area (Å²) in [5.74, 6) is -1.02. The van der Waals surface area contributed by atoms with Crippen molar-refractivity contribution >= 4 is 28.8 Å². The molecule has 2 saturated heterocycles. The number of ketones is 1. The lowest BCUT2D eigenvalue weighted by molar-refractivity contribution is -0.140. The summed E-state index contributed by atoms with van der Waals surface area (Å²) in [5, 5.41) is 13.0. The summed E-state index contributed by atoms with van der Waals surface area (Å²) in [7, 11) is 1.50. The van der Waals surface area contributed by atoms with Crippen LogP contribution in [0.15, 0.2) is 47.4 Å². The maximum Gasteiger partial charge on any atom is 0.295 e. The summed E-state index contributed by atoms with van der Waals surface area (Å²) in [5.41, 5.74) is 0.502. The Morgan fingerprint density at radius 3 is 2.63 bits per heavy atom. The predicted molar refractivity (Wildman–Crippen MR) is 114 cm³/mol. The van der Waals surface area contributed by atoms with E-state index in [1.54, 1.807) is 29.2 Å². The number of carbonyl (C=O) groups excluding carboxylic acids is 2. The number of para-hydroxylation sites is 1. The van der Waals surface area contributed by atoms with Gasteiger partial charge in [-0.3, -0.25) is 14.5 Å². The molecule has 0 bridgehead atoms. The third-order valence-corrected chi connectivity index (χ3v) is 6.40. The van der Waals surface area contributed by atoms with Crippen LogP contribution in [0.5, 0.6) is 5.75 Å². The molecule has 8 heteroatoms. The average Bonchev–Trinajstić information content (AvgIpc) is 3.40. The number of nitrogens with zero attached hydrogens (tertiary/aromatic N) is 2. The first kappa shape index (κ1) is 20.6. The lowest BCUT2D eigenvalue weighted by Gasteiger charge is -2.30. The molecule has 0 spiro atoms. The molecule has 1 aromatic carbocycles. The van der Waals surface area contributed by atoms with Gasteiger partial charge in [-0.1, -0.05) is 18.2 Å². The fraction of sp³-hybridized carbons (Fsp3) is 0.364. The number of Topliss-reactive ketones (excluding diaryl/α,β-unsaturated/α-hetero) is 1. The number of carbonyl (C=O) groups is 2. The number of morpholine rings is 1. The van der Waals surface area contributed by atoms with E-state index < -0.39 is 17.7 Å². The van der Waals surface area contributed by atoms with Crippen LogP contribution in [-0.4, -0.2) is 73.1 Å². The van der Waals surface area contributed by atoms with Crippen LogP contribution < -0.4 is 4.74 Å². The van der Waals surface area contributed by atoms with Gasteiger partial charge >= 0.3 is 0 Å². The first-order chi connectivity index (χ1) is 14.6. The summed E-state index contributed by atoms with van der Waals surface area (Å²) >= 11 is 1.46. The Balaban J connectivity index is 1.72. The smallest absolute Gasteiger partial charge is 0.295 e. The minimum Gasteiger partial charge on any atom is -0.507 e. The molecule has 1 aromatic heterocycles. The van der Waals surface area contributed by atoms with Crippen LogP contribution in [0.25, 0.3) is 5.76 Å². The van der Waals surface area contributed by atoms with Crippen molar-refractivity contribution in [2.75, 3.05) is 46.5 Å². The molecule has 3 heterocycles. The van der Waals surface area contributed by atoms with Crippen molar-refractivity contribution < 1.29 is 24.2 Å². The van der Waals surface area contributed by atoms with Crippen LogP contribution in [0, 0.1) is 0 Å². The zero-order valence-electron chi connectivity index (χ0n) is 16.7. The molecule has 2 aliphatic rings. The van der Waals surface area contributed by atoms with Gasteiger partial charge in [0.15, 0.2) is 0 Å². The highest BCUT2D eigenvalue weighted by Gasteiger charge is 2.46. The van der Waals surface area contributed by atoms with Crippen LogP contribution in [0.4, 0.5) is 0 Å². The zero-order valence-corrected chi connectivity index (χ0v) is 17.6. The number of amides is 1. The standard InChI is InChI=1S/C22H24N2O5S/c1-28-16-6-3-2-5-15(16)20(25)18-19(17-7-4-14-30-17)24(22(27)21(18)26)9-8-23-10-12-29-13-11-23/h2-7,14,19,25H,8-13H2,1H3/b20-18+. The maximum absolute atomic E-state index is 13.0. The van der Waals surface area contributed by atoms with Gasteiger partial charge in [0.05, 0.1) is 37.5 Å². The minimum absolute atomic E-state index is 0.105. The van der Waals surface area contributed by atoms with Crippen LogP contribution >= 0.6 is 11.3 Å². The molecule has 1 N–H and O–H groups in total. The first-order valence-corrected chi connectivity index (χ1v) is 10.7. The molecule has 1 amide bonds. The monoisotopic (exact) mass is 428 g/mol. The quantitative estimate of drug-likeness (QED) is 0.433. The summed E-state index contributed by atoms with van der Waals surface area (Å²) in [6, 6.07) is 10.1. The van der Waals surface area contributed by atoms with Gasteiger partial charge in [0.1, 0.15) is 11.5 Å². The van der Waals surface area contributed by atoms with Crippen molar-refractivity contribution in [3.8, 4) is 5.75 Å².